The molecule has 0 spiro atoms. The van der Waals surface area contributed by atoms with Crippen molar-refractivity contribution in [3.63, 3.8) is 0 Å². The molecule has 0 bridgehead atoms. The first-order valence-electron chi connectivity index (χ1n) is 5.39. The van der Waals surface area contributed by atoms with Gasteiger partial charge < -0.3 is 11.1 Å². The van der Waals surface area contributed by atoms with Gasteiger partial charge in [0.2, 0.25) is 0 Å². The number of anilines is 3. The van der Waals surface area contributed by atoms with E-state index >= 15 is 0 Å². The maximum Gasteiger partial charge on any atom is 0.138 e. The summed E-state index contributed by atoms with van der Waals surface area (Å²) in [5, 5.41) is 7.25. The first kappa shape index (κ1) is 11.9. The van der Waals surface area contributed by atoms with Gasteiger partial charge in [-0.05, 0) is 11.4 Å². The summed E-state index contributed by atoms with van der Waals surface area (Å²) < 4.78 is 0. The topological polar surface area (TPSA) is 63.8 Å². The molecule has 0 saturated heterocycles. The zero-order valence-corrected chi connectivity index (χ0v) is 11.0. The second kappa shape index (κ2) is 4.33. The average molecular weight is 248 g/mol. The molecule has 5 heteroatoms. The number of nitrogen functional groups attached to an aromatic ring is 1. The fourth-order valence-corrected chi connectivity index (χ4v) is 1.94. The monoisotopic (exact) mass is 248 g/mol. The summed E-state index contributed by atoms with van der Waals surface area (Å²) in [6, 6.07) is 3.74. The summed E-state index contributed by atoms with van der Waals surface area (Å²) in [5.41, 5.74) is 6.71. The van der Waals surface area contributed by atoms with E-state index in [-0.39, 0.29) is 5.41 Å². The number of nitrogens with one attached hydrogen (secondary N) is 1. The predicted octanol–water partition coefficient (Wildman–Crippen LogP) is 3.16. The highest BCUT2D eigenvalue weighted by atomic mass is 32.1. The average Bonchev–Trinajstić information content (AvgIpc) is 2.68. The van der Waals surface area contributed by atoms with Crippen LogP contribution >= 0.6 is 11.3 Å². The van der Waals surface area contributed by atoms with Gasteiger partial charge in [0.25, 0.3) is 0 Å². The minimum Gasteiger partial charge on any atom is -0.384 e. The van der Waals surface area contributed by atoms with Crippen LogP contribution < -0.4 is 11.1 Å². The summed E-state index contributed by atoms with van der Waals surface area (Å²) in [7, 11) is 0. The highest BCUT2D eigenvalue weighted by Gasteiger charge is 2.18. The normalized spacial score (nSPS) is 11.5. The van der Waals surface area contributed by atoms with Crippen molar-refractivity contribution in [1.82, 2.24) is 9.97 Å². The van der Waals surface area contributed by atoms with Crippen molar-refractivity contribution < 1.29 is 0 Å². The lowest BCUT2D eigenvalue weighted by atomic mass is 9.96. The molecule has 2 aromatic heterocycles. The molecule has 2 rings (SSSR count). The minimum atomic E-state index is -0.111. The SMILES string of the molecule is CC(C)(C)c1nc(N)cc(Nc2ccsc2)n1. The molecular formula is C12H16N4S. The van der Waals surface area contributed by atoms with Gasteiger partial charge >= 0.3 is 0 Å². The van der Waals surface area contributed by atoms with E-state index in [0.717, 1.165) is 17.3 Å². The van der Waals surface area contributed by atoms with E-state index in [1.807, 2.05) is 16.8 Å². The Labute approximate surface area is 105 Å². The Balaban J connectivity index is 2.32. The molecule has 0 atom stereocenters. The Morgan fingerprint density at radius 1 is 1.29 bits per heavy atom. The lowest BCUT2D eigenvalue weighted by Crippen LogP contribution is -2.17. The molecule has 0 aliphatic heterocycles. The Kier molecular flexibility index (Phi) is 3.02. The Morgan fingerprint density at radius 2 is 2.06 bits per heavy atom. The third kappa shape index (κ3) is 2.94. The molecule has 4 nitrogen and oxygen atoms in total. The summed E-state index contributed by atoms with van der Waals surface area (Å²) in [5.74, 6) is 1.97. The van der Waals surface area contributed by atoms with Gasteiger partial charge in [0.15, 0.2) is 0 Å². The van der Waals surface area contributed by atoms with Crippen LogP contribution in [0.3, 0.4) is 0 Å². The van der Waals surface area contributed by atoms with Crippen LogP contribution in [0.15, 0.2) is 22.9 Å². The standard InChI is InChI=1S/C12H16N4S/c1-12(2,3)11-15-9(13)6-10(16-11)14-8-4-5-17-7-8/h4-7H,1-3H3,(H3,13,14,15,16). The van der Waals surface area contributed by atoms with E-state index in [0.29, 0.717) is 5.82 Å². The predicted molar refractivity (Wildman–Crippen MR) is 72.7 cm³/mol. The number of nitrogens with zero attached hydrogens (tertiary/aromatic N) is 2. The molecule has 0 aliphatic carbocycles. The number of rotatable bonds is 2. The molecule has 0 aliphatic rings. The van der Waals surface area contributed by atoms with E-state index in [1.54, 1.807) is 17.4 Å². The van der Waals surface area contributed by atoms with E-state index < -0.39 is 0 Å². The van der Waals surface area contributed by atoms with E-state index in [2.05, 4.69) is 36.1 Å². The molecule has 17 heavy (non-hydrogen) atoms. The van der Waals surface area contributed by atoms with E-state index in [9.17, 15) is 0 Å². The number of aromatic nitrogens is 2. The van der Waals surface area contributed by atoms with E-state index in [4.69, 9.17) is 5.73 Å². The van der Waals surface area contributed by atoms with Gasteiger partial charge in [-0.15, -0.1) is 0 Å². The molecule has 2 aromatic rings. The molecule has 0 amide bonds. The Morgan fingerprint density at radius 3 is 2.65 bits per heavy atom. The van der Waals surface area contributed by atoms with Crippen LogP contribution in [-0.2, 0) is 5.41 Å². The zero-order chi connectivity index (χ0) is 12.5. The van der Waals surface area contributed by atoms with Crippen molar-refractivity contribution in [2.24, 2.45) is 0 Å². The third-order valence-electron chi connectivity index (χ3n) is 2.21. The number of nitrogens with two attached hydrogens (primary N) is 1. The van der Waals surface area contributed by atoms with Crippen molar-refractivity contribution in [3.05, 3.63) is 28.7 Å². The molecular weight excluding hydrogens is 232 g/mol. The molecule has 0 radical (unpaired) electrons. The Hall–Kier alpha value is -1.62. The van der Waals surface area contributed by atoms with Crippen molar-refractivity contribution in [2.45, 2.75) is 26.2 Å². The lowest BCUT2D eigenvalue weighted by Gasteiger charge is -2.17. The fraction of sp³-hybridized carbons (Fsp3) is 0.333. The number of thiophene rings is 1. The summed E-state index contributed by atoms with van der Waals surface area (Å²) in [4.78, 5) is 8.75. The molecule has 2 heterocycles. The quantitative estimate of drug-likeness (QED) is 0.857. The fourth-order valence-electron chi connectivity index (χ4n) is 1.35. The first-order chi connectivity index (χ1) is 7.95. The Bertz CT molecular complexity index is 500. The van der Waals surface area contributed by atoms with Crippen molar-refractivity contribution in [2.75, 3.05) is 11.1 Å². The van der Waals surface area contributed by atoms with Crippen molar-refractivity contribution in [1.29, 1.82) is 0 Å². The highest BCUT2D eigenvalue weighted by molar-refractivity contribution is 7.08. The van der Waals surface area contributed by atoms with Gasteiger partial charge in [-0.1, -0.05) is 20.8 Å². The maximum absolute atomic E-state index is 5.80. The second-order valence-corrected chi connectivity index (χ2v) is 5.67. The van der Waals surface area contributed by atoms with Crippen molar-refractivity contribution in [3.8, 4) is 0 Å². The van der Waals surface area contributed by atoms with Gasteiger partial charge in [0.1, 0.15) is 17.5 Å². The van der Waals surface area contributed by atoms with Crippen LogP contribution in [0.2, 0.25) is 0 Å². The largest absolute Gasteiger partial charge is 0.384 e. The summed E-state index contributed by atoms with van der Waals surface area (Å²) in [6.07, 6.45) is 0. The van der Waals surface area contributed by atoms with Gasteiger partial charge in [-0.3, -0.25) is 0 Å². The van der Waals surface area contributed by atoms with Crippen LogP contribution in [0, 0.1) is 0 Å². The smallest absolute Gasteiger partial charge is 0.138 e. The molecule has 90 valence electrons. The molecule has 0 fully saturated rings. The van der Waals surface area contributed by atoms with E-state index in [1.165, 1.54) is 0 Å². The molecule has 3 N–H and O–H groups in total. The minimum absolute atomic E-state index is 0.111. The van der Waals surface area contributed by atoms with Crippen LogP contribution in [0.25, 0.3) is 0 Å². The van der Waals surface area contributed by atoms with Gasteiger partial charge in [-0.25, -0.2) is 9.97 Å². The summed E-state index contributed by atoms with van der Waals surface area (Å²) >= 11 is 1.64. The molecule has 0 unspecified atom stereocenters. The van der Waals surface area contributed by atoms with Gasteiger partial charge in [0.05, 0.1) is 5.69 Å². The zero-order valence-electron chi connectivity index (χ0n) is 10.2. The van der Waals surface area contributed by atoms with Crippen molar-refractivity contribution >= 4 is 28.7 Å². The van der Waals surface area contributed by atoms with Crippen LogP contribution in [0.1, 0.15) is 26.6 Å². The third-order valence-corrected chi connectivity index (χ3v) is 2.89. The number of hydrogen-bond acceptors (Lipinski definition) is 5. The van der Waals surface area contributed by atoms with Crippen LogP contribution in [-0.4, -0.2) is 9.97 Å². The summed E-state index contributed by atoms with van der Waals surface area (Å²) in [6.45, 7) is 6.20. The molecule has 0 saturated carbocycles. The van der Waals surface area contributed by atoms with Gasteiger partial charge in [-0.2, -0.15) is 11.3 Å². The van der Waals surface area contributed by atoms with Crippen LogP contribution in [0.4, 0.5) is 17.3 Å². The first-order valence-corrected chi connectivity index (χ1v) is 6.34. The lowest BCUT2D eigenvalue weighted by molar-refractivity contribution is 0.547. The number of hydrogen-bond donors (Lipinski definition) is 2. The maximum atomic E-state index is 5.80. The van der Waals surface area contributed by atoms with Crippen LogP contribution in [0.5, 0.6) is 0 Å². The second-order valence-electron chi connectivity index (χ2n) is 4.89. The van der Waals surface area contributed by atoms with Gasteiger partial charge in [0, 0.05) is 16.9 Å². The molecule has 0 aromatic carbocycles. The highest BCUT2D eigenvalue weighted by Crippen LogP contribution is 2.23.